The van der Waals surface area contributed by atoms with Gasteiger partial charge in [0.1, 0.15) is 5.82 Å². The van der Waals surface area contributed by atoms with Crippen molar-refractivity contribution < 1.29 is 9.18 Å². The quantitative estimate of drug-likeness (QED) is 0.855. The van der Waals surface area contributed by atoms with Crippen molar-refractivity contribution >= 4 is 11.6 Å². The standard InChI is InChI=1S/C17H27FN4O/c1-13(16(23)20-17(2,3)12-19)21-8-10-22(11-9-21)15-6-4-14(18)5-7-15/h4-7,13H,8-12,19H2,1-3H3,(H,20,23). The van der Waals surface area contributed by atoms with Crippen LogP contribution < -0.4 is 16.0 Å². The molecule has 1 heterocycles. The third-order valence-corrected chi connectivity index (χ3v) is 4.41. The predicted molar refractivity (Wildman–Crippen MR) is 90.9 cm³/mol. The SMILES string of the molecule is CC(C(=O)NC(C)(C)CN)N1CCN(c2ccc(F)cc2)CC1. The summed E-state index contributed by atoms with van der Waals surface area (Å²) in [6.07, 6.45) is 0. The molecule has 1 atom stereocenters. The van der Waals surface area contributed by atoms with Crippen LogP contribution in [0.1, 0.15) is 20.8 Å². The maximum Gasteiger partial charge on any atom is 0.237 e. The van der Waals surface area contributed by atoms with Crippen LogP contribution in [0, 0.1) is 5.82 Å². The van der Waals surface area contributed by atoms with E-state index in [0.29, 0.717) is 6.54 Å². The molecule has 128 valence electrons. The molecule has 0 aliphatic carbocycles. The molecule has 0 spiro atoms. The number of piperazine rings is 1. The Kier molecular flexibility index (Phi) is 5.59. The first-order valence-electron chi connectivity index (χ1n) is 8.09. The van der Waals surface area contributed by atoms with Gasteiger partial charge in [-0.3, -0.25) is 9.69 Å². The molecule has 1 saturated heterocycles. The van der Waals surface area contributed by atoms with Crippen molar-refractivity contribution in [3.8, 4) is 0 Å². The van der Waals surface area contributed by atoms with E-state index in [4.69, 9.17) is 5.73 Å². The Morgan fingerprint density at radius 1 is 1.26 bits per heavy atom. The molecular formula is C17H27FN4O. The number of carbonyl (C=O) groups excluding carboxylic acids is 1. The highest BCUT2D eigenvalue weighted by molar-refractivity contribution is 5.82. The number of amides is 1. The van der Waals surface area contributed by atoms with Gasteiger partial charge >= 0.3 is 0 Å². The van der Waals surface area contributed by atoms with E-state index in [1.807, 2.05) is 20.8 Å². The second-order valence-corrected chi connectivity index (χ2v) is 6.75. The van der Waals surface area contributed by atoms with Crippen molar-refractivity contribution in [2.24, 2.45) is 5.73 Å². The van der Waals surface area contributed by atoms with Crippen LogP contribution in [0.4, 0.5) is 10.1 Å². The molecule has 1 amide bonds. The molecule has 23 heavy (non-hydrogen) atoms. The zero-order chi connectivity index (χ0) is 17.0. The van der Waals surface area contributed by atoms with Gasteiger partial charge in [-0.05, 0) is 45.0 Å². The molecule has 5 nitrogen and oxygen atoms in total. The van der Waals surface area contributed by atoms with Crippen LogP contribution in [0.2, 0.25) is 0 Å². The van der Waals surface area contributed by atoms with Crippen molar-refractivity contribution in [2.75, 3.05) is 37.6 Å². The molecule has 0 aromatic heterocycles. The number of carbonyl (C=O) groups is 1. The summed E-state index contributed by atoms with van der Waals surface area (Å²) >= 11 is 0. The number of halogens is 1. The van der Waals surface area contributed by atoms with E-state index >= 15 is 0 Å². The first-order valence-corrected chi connectivity index (χ1v) is 8.09. The Balaban J connectivity index is 1.88. The maximum absolute atomic E-state index is 13.0. The number of nitrogens with one attached hydrogen (secondary N) is 1. The van der Waals surface area contributed by atoms with E-state index in [1.165, 1.54) is 12.1 Å². The molecule has 1 unspecified atom stereocenters. The molecule has 1 aromatic carbocycles. The molecule has 2 rings (SSSR count). The lowest BCUT2D eigenvalue weighted by molar-refractivity contribution is -0.127. The Morgan fingerprint density at radius 2 is 1.83 bits per heavy atom. The average molecular weight is 322 g/mol. The number of hydrogen-bond donors (Lipinski definition) is 2. The molecule has 1 aliphatic heterocycles. The fraction of sp³-hybridized carbons (Fsp3) is 0.588. The third kappa shape index (κ3) is 4.65. The maximum atomic E-state index is 13.0. The van der Waals surface area contributed by atoms with Gasteiger partial charge in [-0.15, -0.1) is 0 Å². The van der Waals surface area contributed by atoms with Crippen molar-refractivity contribution in [1.29, 1.82) is 0 Å². The Labute approximate surface area is 137 Å². The van der Waals surface area contributed by atoms with E-state index in [2.05, 4.69) is 15.1 Å². The van der Waals surface area contributed by atoms with Gasteiger partial charge in [0, 0.05) is 44.0 Å². The van der Waals surface area contributed by atoms with Crippen LogP contribution >= 0.6 is 0 Å². The van der Waals surface area contributed by atoms with Gasteiger partial charge in [0.25, 0.3) is 0 Å². The second kappa shape index (κ2) is 7.27. The van der Waals surface area contributed by atoms with Crippen LogP contribution in [0.3, 0.4) is 0 Å². The van der Waals surface area contributed by atoms with Gasteiger partial charge in [-0.2, -0.15) is 0 Å². The van der Waals surface area contributed by atoms with Crippen molar-refractivity contribution in [1.82, 2.24) is 10.2 Å². The Bertz CT molecular complexity index is 524. The molecule has 0 radical (unpaired) electrons. The van der Waals surface area contributed by atoms with Gasteiger partial charge in [0.15, 0.2) is 0 Å². The minimum atomic E-state index is -0.388. The average Bonchev–Trinajstić information content (AvgIpc) is 2.54. The summed E-state index contributed by atoms with van der Waals surface area (Å²) in [5, 5.41) is 2.99. The fourth-order valence-electron chi connectivity index (χ4n) is 2.67. The fourth-order valence-corrected chi connectivity index (χ4v) is 2.67. The van der Waals surface area contributed by atoms with Crippen molar-refractivity contribution in [2.45, 2.75) is 32.4 Å². The van der Waals surface area contributed by atoms with E-state index in [1.54, 1.807) is 12.1 Å². The summed E-state index contributed by atoms with van der Waals surface area (Å²) in [5.74, 6) is -0.212. The number of benzene rings is 1. The van der Waals surface area contributed by atoms with Gasteiger partial charge in [-0.25, -0.2) is 4.39 Å². The van der Waals surface area contributed by atoms with E-state index in [0.717, 1.165) is 31.9 Å². The summed E-state index contributed by atoms with van der Waals surface area (Å²) in [5.41, 5.74) is 6.30. The topological polar surface area (TPSA) is 61.6 Å². The first-order chi connectivity index (χ1) is 10.8. The van der Waals surface area contributed by atoms with E-state index < -0.39 is 0 Å². The Morgan fingerprint density at radius 3 is 2.35 bits per heavy atom. The van der Waals surface area contributed by atoms with Crippen LogP contribution in [0.5, 0.6) is 0 Å². The highest BCUT2D eigenvalue weighted by atomic mass is 19.1. The number of nitrogens with two attached hydrogens (primary N) is 1. The summed E-state index contributed by atoms with van der Waals surface area (Å²) < 4.78 is 13.0. The lowest BCUT2D eigenvalue weighted by atomic mass is 10.1. The monoisotopic (exact) mass is 322 g/mol. The summed E-state index contributed by atoms with van der Waals surface area (Å²) in [6, 6.07) is 6.37. The van der Waals surface area contributed by atoms with Crippen LogP contribution in [-0.2, 0) is 4.79 Å². The van der Waals surface area contributed by atoms with E-state index in [-0.39, 0.29) is 23.3 Å². The highest BCUT2D eigenvalue weighted by Crippen LogP contribution is 2.18. The summed E-state index contributed by atoms with van der Waals surface area (Å²) in [6.45, 7) is 9.42. The Hall–Kier alpha value is -1.66. The molecule has 0 bridgehead atoms. The zero-order valence-electron chi connectivity index (χ0n) is 14.2. The lowest BCUT2D eigenvalue weighted by Crippen LogP contribution is -2.58. The molecular weight excluding hydrogens is 295 g/mol. The van der Waals surface area contributed by atoms with Crippen molar-refractivity contribution in [3.05, 3.63) is 30.1 Å². The van der Waals surface area contributed by atoms with Crippen LogP contribution in [-0.4, -0.2) is 55.1 Å². The lowest BCUT2D eigenvalue weighted by Gasteiger charge is -2.39. The normalized spacial score (nSPS) is 17.9. The highest BCUT2D eigenvalue weighted by Gasteiger charge is 2.28. The molecule has 3 N–H and O–H groups in total. The van der Waals surface area contributed by atoms with Crippen molar-refractivity contribution in [3.63, 3.8) is 0 Å². The largest absolute Gasteiger partial charge is 0.369 e. The van der Waals surface area contributed by atoms with Gasteiger partial charge < -0.3 is 16.0 Å². The summed E-state index contributed by atoms with van der Waals surface area (Å²) in [4.78, 5) is 16.7. The van der Waals surface area contributed by atoms with Crippen LogP contribution in [0.25, 0.3) is 0 Å². The minimum absolute atomic E-state index is 0.00989. The zero-order valence-corrected chi connectivity index (χ0v) is 14.2. The first kappa shape index (κ1) is 17.7. The van der Waals surface area contributed by atoms with E-state index in [9.17, 15) is 9.18 Å². The van der Waals surface area contributed by atoms with Gasteiger partial charge in [0.05, 0.1) is 6.04 Å². The summed E-state index contributed by atoms with van der Waals surface area (Å²) in [7, 11) is 0. The molecule has 1 fully saturated rings. The third-order valence-electron chi connectivity index (χ3n) is 4.41. The van der Waals surface area contributed by atoms with Gasteiger partial charge in [-0.1, -0.05) is 0 Å². The molecule has 0 saturated carbocycles. The number of rotatable bonds is 5. The number of hydrogen-bond acceptors (Lipinski definition) is 4. The molecule has 1 aliphatic rings. The minimum Gasteiger partial charge on any atom is -0.369 e. The molecule has 6 heteroatoms. The van der Waals surface area contributed by atoms with Gasteiger partial charge in [0.2, 0.25) is 5.91 Å². The molecule has 1 aromatic rings. The number of anilines is 1. The van der Waals surface area contributed by atoms with Crippen LogP contribution in [0.15, 0.2) is 24.3 Å². The second-order valence-electron chi connectivity index (χ2n) is 6.75. The number of nitrogens with zero attached hydrogens (tertiary/aromatic N) is 2. The predicted octanol–water partition coefficient (Wildman–Crippen LogP) is 1.19. The smallest absolute Gasteiger partial charge is 0.237 e.